The van der Waals surface area contributed by atoms with Gasteiger partial charge in [-0.25, -0.2) is 4.79 Å². The van der Waals surface area contributed by atoms with Crippen molar-refractivity contribution in [1.29, 1.82) is 0 Å². The summed E-state index contributed by atoms with van der Waals surface area (Å²) >= 11 is 0. The van der Waals surface area contributed by atoms with Crippen LogP contribution in [-0.4, -0.2) is 37.9 Å². The average Bonchev–Trinajstić information content (AvgIpc) is 2.06. The van der Waals surface area contributed by atoms with E-state index in [2.05, 4.69) is 5.32 Å². The van der Waals surface area contributed by atoms with Gasteiger partial charge in [0.25, 0.3) is 0 Å². The van der Waals surface area contributed by atoms with Crippen LogP contribution >= 0.6 is 0 Å². The molecule has 0 bridgehead atoms. The molecule has 4 nitrogen and oxygen atoms in total. The van der Waals surface area contributed by atoms with Crippen molar-refractivity contribution in [2.24, 2.45) is 0 Å². The Morgan fingerprint density at radius 3 is 3.00 bits per heavy atom. The van der Waals surface area contributed by atoms with Gasteiger partial charge in [-0.15, -0.1) is 0 Å². The number of carbonyl (C=O) groups is 1. The molecule has 0 amide bonds. The Bertz CT molecular complexity index is 152. The topological polar surface area (TPSA) is 47.6 Å². The van der Waals surface area contributed by atoms with Gasteiger partial charge in [0, 0.05) is 12.6 Å². The highest BCUT2D eigenvalue weighted by Crippen LogP contribution is 2.02. The third-order valence-electron chi connectivity index (χ3n) is 1.75. The summed E-state index contributed by atoms with van der Waals surface area (Å²) in [5, 5.41) is 3.15. The summed E-state index contributed by atoms with van der Waals surface area (Å²) in [5.74, 6) is -0.267. The van der Waals surface area contributed by atoms with E-state index in [0.29, 0.717) is 25.8 Å². The highest BCUT2D eigenvalue weighted by atomic mass is 16.6. The van der Waals surface area contributed by atoms with Crippen LogP contribution in [0.3, 0.4) is 0 Å². The quantitative estimate of drug-likeness (QED) is 0.594. The maximum atomic E-state index is 11.1. The Hall–Kier alpha value is -0.610. The Balaban J connectivity index is 2.29. The Kier molecular flexibility index (Phi) is 3.49. The molecule has 0 aliphatic carbocycles. The average molecular weight is 173 g/mol. The van der Waals surface area contributed by atoms with E-state index in [4.69, 9.17) is 9.47 Å². The number of nitrogens with one attached hydrogen (secondary N) is 1. The minimum Gasteiger partial charge on any atom is -0.464 e. The fourth-order valence-corrected chi connectivity index (χ4v) is 1.07. The lowest BCUT2D eigenvalue weighted by molar-refractivity contribution is -0.159. The van der Waals surface area contributed by atoms with Crippen LogP contribution < -0.4 is 5.32 Å². The first-order chi connectivity index (χ1) is 5.74. The molecular weight excluding hydrogens is 158 g/mol. The first-order valence-electron chi connectivity index (χ1n) is 4.25. The van der Waals surface area contributed by atoms with Gasteiger partial charge in [0.1, 0.15) is 0 Å². The summed E-state index contributed by atoms with van der Waals surface area (Å²) in [7, 11) is 0. The van der Waals surface area contributed by atoms with Gasteiger partial charge in [0.2, 0.25) is 0 Å². The second-order valence-electron chi connectivity index (χ2n) is 2.88. The van der Waals surface area contributed by atoms with Crippen molar-refractivity contribution in [2.45, 2.75) is 26.0 Å². The van der Waals surface area contributed by atoms with Crippen molar-refractivity contribution >= 4 is 5.97 Å². The summed E-state index contributed by atoms with van der Waals surface area (Å²) in [6.45, 7) is 5.34. The molecule has 4 heteroatoms. The van der Waals surface area contributed by atoms with Gasteiger partial charge in [-0.2, -0.15) is 0 Å². The second-order valence-corrected chi connectivity index (χ2v) is 2.88. The number of ether oxygens (including phenoxy) is 2. The van der Waals surface area contributed by atoms with E-state index in [1.54, 1.807) is 6.92 Å². The summed E-state index contributed by atoms with van der Waals surface area (Å²) in [5.41, 5.74) is 0. The van der Waals surface area contributed by atoms with Crippen LogP contribution in [0, 0.1) is 0 Å². The van der Waals surface area contributed by atoms with E-state index < -0.39 is 6.10 Å². The minimum atomic E-state index is -0.416. The minimum absolute atomic E-state index is 0.267. The highest BCUT2D eigenvalue weighted by Gasteiger charge is 2.25. The number of rotatable bonds is 2. The molecule has 0 aromatic rings. The molecule has 1 aliphatic heterocycles. The molecule has 1 unspecified atom stereocenters. The summed E-state index contributed by atoms with van der Waals surface area (Å²) < 4.78 is 10.1. The molecule has 0 spiro atoms. The zero-order chi connectivity index (χ0) is 8.97. The van der Waals surface area contributed by atoms with Gasteiger partial charge in [-0.3, -0.25) is 0 Å². The van der Waals surface area contributed by atoms with Crippen molar-refractivity contribution in [3.8, 4) is 0 Å². The predicted molar refractivity (Wildman–Crippen MR) is 43.8 cm³/mol. The molecule has 1 saturated heterocycles. The van der Waals surface area contributed by atoms with Crippen molar-refractivity contribution < 1.29 is 14.3 Å². The number of hydrogen-bond donors (Lipinski definition) is 1. The predicted octanol–water partition coefficient (Wildman–Crippen LogP) is -0.0736. The summed E-state index contributed by atoms with van der Waals surface area (Å²) in [6, 6.07) is 0.329. The summed E-state index contributed by atoms with van der Waals surface area (Å²) in [6.07, 6.45) is -0.416. The van der Waals surface area contributed by atoms with Crippen LogP contribution in [-0.2, 0) is 14.3 Å². The third-order valence-corrected chi connectivity index (χ3v) is 1.75. The number of morpholine rings is 1. The van der Waals surface area contributed by atoms with E-state index in [1.807, 2.05) is 6.92 Å². The Morgan fingerprint density at radius 2 is 2.50 bits per heavy atom. The molecule has 0 aromatic heterocycles. The van der Waals surface area contributed by atoms with Crippen molar-refractivity contribution in [2.75, 3.05) is 19.8 Å². The van der Waals surface area contributed by atoms with Crippen LogP contribution in [0.2, 0.25) is 0 Å². The fraction of sp³-hybridized carbons (Fsp3) is 0.875. The van der Waals surface area contributed by atoms with E-state index in [1.165, 1.54) is 0 Å². The van der Waals surface area contributed by atoms with E-state index in [0.717, 1.165) is 0 Å². The van der Waals surface area contributed by atoms with Gasteiger partial charge in [0.05, 0.1) is 13.2 Å². The molecule has 0 radical (unpaired) electrons. The lowest BCUT2D eigenvalue weighted by atomic mass is 10.2. The van der Waals surface area contributed by atoms with Gasteiger partial charge in [-0.05, 0) is 13.8 Å². The first-order valence-corrected chi connectivity index (χ1v) is 4.25. The Morgan fingerprint density at radius 1 is 1.75 bits per heavy atom. The lowest BCUT2D eigenvalue weighted by Gasteiger charge is -2.26. The largest absolute Gasteiger partial charge is 0.464 e. The van der Waals surface area contributed by atoms with E-state index in [9.17, 15) is 4.79 Å². The van der Waals surface area contributed by atoms with Crippen LogP contribution in [0.1, 0.15) is 13.8 Å². The first kappa shape index (κ1) is 9.48. The number of hydrogen-bond acceptors (Lipinski definition) is 4. The molecule has 2 atom stereocenters. The molecular formula is C8H15NO3. The molecule has 1 fully saturated rings. The Labute approximate surface area is 72.2 Å². The zero-order valence-corrected chi connectivity index (χ0v) is 7.50. The summed E-state index contributed by atoms with van der Waals surface area (Å²) in [4.78, 5) is 11.1. The molecule has 1 rings (SSSR count). The molecule has 1 heterocycles. The number of esters is 1. The zero-order valence-electron chi connectivity index (χ0n) is 7.50. The van der Waals surface area contributed by atoms with Crippen LogP contribution in [0.5, 0.6) is 0 Å². The maximum absolute atomic E-state index is 11.1. The van der Waals surface area contributed by atoms with Crippen LogP contribution in [0.15, 0.2) is 0 Å². The van der Waals surface area contributed by atoms with Gasteiger partial charge in [-0.1, -0.05) is 0 Å². The van der Waals surface area contributed by atoms with Crippen molar-refractivity contribution in [3.63, 3.8) is 0 Å². The van der Waals surface area contributed by atoms with E-state index >= 15 is 0 Å². The normalized spacial score (nSPS) is 29.8. The van der Waals surface area contributed by atoms with Gasteiger partial charge in [0.15, 0.2) is 6.10 Å². The smallest absolute Gasteiger partial charge is 0.336 e. The van der Waals surface area contributed by atoms with Crippen LogP contribution in [0.4, 0.5) is 0 Å². The molecule has 12 heavy (non-hydrogen) atoms. The third kappa shape index (κ3) is 2.46. The van der Waals surface area contributed by atoms with E-state index in [-0.39, 0.29) is 5.97 Å². The molecule has 70 valence electrons. The maximum Gasteiger partial charge on any atom is 0.336 e. The van der Waals surface area contributed by atoms with Gasteiger partial charge < -0.3 is 14.8 Å². The van der Waals surface area contributed by atoms with Crippen LogP contribution in [0.25, 0.3) is 0 Å². The van der Waals surface area contributed by atoms with Gasteiger partial charge >= 0.3 is 5.97 Å². The fourth-order valence-electron chi connectivity index (χ4n) is 1.07. The monoisotopic (exact) mass is 173 g/mol. The highest BCUT2D eigenvalue weighted by molar-refractivity contribution is 5.75. The molecule has 1 N–H and O–H groups in total. The van der Waals surface area contributed by atoms with Crippen molar-refractivity contribution in [3.05, 3.63) is 0 Å². The molecule has 0 saturated carbocycles. The lowest BCUT2D eigenvalue weighted by Crippen LogP contribution is -2.48. The van der Waals surface area contributed by atoms with Crippen molar-refractivity contribution in [1.82, 2.24) is 5.32 Å². The number of carbonyl (C=O) groups excluding carboxylic acids is 1. The standard InChI is InChI=1S/C8H15NO3/c1-3-11-8(10)7-4-9-6(2)5-12-7/h6-7,9H,3-5H2,1-2H3/t6?,7-/m0/s1. The second kappa shape index (κ2) is 4.42. The molecule has 1 aliphatic rings. The SMILES string of the molecule is CCOC(=O)[C@@H]1CNC(C)CO1. The molecule has 0 aromatic carbocycles.